The molecule has 2 atom stereocenters. The molecule has 0 aliphatic heterocycles. The van der Waals surface area contributed by atoms with E-state index in [9.17, 15) is 17.2 Å². The Balaban J connectivity index is 1.62. The van der Waals surface area contributed by atoms with E-state index >= 15 is 0 Å². The highest BCUT2D eigenvalue weighted by molar-refractivity contribution is 7.89. The third-order valence-electron chi connectivity index (χ3n) is 4.36. The molecule has 1 aromatic heterocycles. The Bertz CT molecular complexity index is 1050. The van der Waals surface area contributed by atoms with Crippen LogP contribution in [0.2, 0.25) is 0 Å². The van der Waals surface area contributed by atoms with Crippen molar-refractivity contribution in [3.05, 3.63) is 66.1 Å². The van der Waals surface area contributed by atoms with Gasteiger partial charge in [-0.05, 0) is 17.7 Å². The van der Waals surface area contributed by atoms with Crippen LogP contribution in [0.1, 0.15) is 23.3 Å². The number of hydrogen-bond acceptors (Lipinski definition) is 5. The summed E-state index contributed by atoms with van der Waals surface area (Å²) in [5, 5.41) is 8.79. The fraction of sp³-hybridized carbons (Fsp3) is 0.176. The summed E-state index contributed by atoms with van der Waals surface area (Å²) in [6.07, 6.45) is 0. The molecule has 1 heterocycles. The number of aromatic nitrogens is 2. The average Bonchev–Trinajstić information content (AvgIpc) is 2.95. The molecular formula is C17H13F2N3O3S. The summed E-state index contributed by atoms with van der Waals surface area (Å²) in [4.78, 5) is 3.96. The second-order valence-corrected chi connectivity index (χ2v) is 7.63. The Kier molecular flexibility index (Phi) is 3.67. The van der Waals surface area contributed by atoms with Crippen molar-refractivity contribution in [2.75, 3.05) is 0 Å². The molecule has 0 saturated heterocycles. The Morgan fingerprint density at radius 3 is 2.27 bits per heavy atom. The van der Waals surface area contributed by atoms with E-state index in [0.717, 1.165) is 0 Å². The number of nitrogens with two attached hydrogens (primary N) is 1. The fourth-order valence-corrected chi connectivity index (χ4v) is 3.50. The zero-order valence-electron chi connectivity index (χ0n) is 13.2. The lowest BCUT2D eigenvalue weighted by atomic mass is 10.1. The predicted molar refractivity (Wildman–Crippen MR) is 88.0 cm³/mol. The highest BCUT2D eigenvalue weighted by Crippen LogP contribution is 2.66. The van der Waals surface area contributed by atoms with Gasteiger partial charge in [0.1, 0.15) is 5.92 Å². The third-order valence-corrected chi connectivity index (χ3v) is 5.29. The molecule has 1 saturated carbocycles. The van der Waals surface area contributed by atoms with Crippen molar-refractivity contribution in [1.29, 1.82) is 0 Å². The van der Waals surface area contributed by atoms with E-state index in [-0.39, 0.29) is 22.2 Å². The van der Waals surface area contributed by atoms with Gasteiger partial charge in [-0.15, -0.1) is 0 Å². The van der Waals surface area contributed by atoms with Gasteiger partial charge in [0.15, 0.2) is 0 Å². The van der Waals surface area contributed by atoms with Crippen LogP contribution in [-0.4, -0.2) is 24.5 Å². The number of primary sulfonamides is 1. The molecule has 2 aromatic carbocycles. The standard InChI is InChI=1S/C17H13F2N3O3S/c18-17(19)13(10-6-8-12(9-7-10)26(20,23)24)14(17)16-21-15(22-25-16)11-4-2-1-3-5-11/h1-9,13-14H,(H2,20,23,24)/t13-,14+/m0/s1. The Morgan fingerprint density at radius 1 is 1.00 bits per heavy atom. The van der Waals surface area contributed by atoms with E-state index in [1.54, 1.807) is 24.3 Å². The molecule has 26 heavy (non-hydrogen) atoms. The van der Waals surface area contributed by atoms with Gasteiger partial charge in [-0.25, -0.2) is 22.3 Å². The van der Waals surface area contributed by atoms with Gasteiger partial charge in [-0.2, -0.15) is 4.98 Å². The van der Waals surface area contributed by atoms with Gasteiger partial charge in [-0.1, -0.05) is 47.6 Å². The molecule has 0 unspecified atom stereocenters. The van der Waals surface area contributed by atoms with Crippen LogP contribution in [0.3, 0.4) is 0 Å². The lowest BCUT2D eigenvalue weighted by molar-refractivity contribution is 0.0999. The topological polar surface area (TPSA) is 99.1 Å². The van der Waals surface area contributed by atoms with Crippen molar-refractivity contribution in [3.63, 3.8) is 0 Å². The summed E-state index contributed by atoms with van der Waals surface area (Å²) in [7, 11) is -3.87. The van der Waals surface area contributed by atoms with Crippen LogP contribution in [0.4, 0.5) is 8.78 Å². The smallest absolute Gasteiger partial charge is 0.268 e. The number of hydrogen-bond donors (Lipinski definition) is 1. The van der Waals surface area contributed by atoms with Crippen LogP contribution >= 0.6 is 0 Å². The maximum absolute atomic E-state index is 14.3. The van der Waals surface area contributed by atoms with E-state index in [4.69, 9.17) is 9.66 Å². The van der Waals surface area contributed by atoms with E-state index in [2.05, 4.69) is 10.1 Å². The predicted octanol–water partition coefficient (Wildman–Crippen LogP) is 2.90. The molecule has 3 aromatic rings. The molecule has 1 fully saturated rings. The normalized spacial score (nSPS) is 21.5. The lowest BCUT2D eigenvalue weighted by Gasteiger charge is -2.01. The molecule has 0 radical (unpaired) electrons. The van der Waals surface area contributed by atoms with Gasteiger partial charge >= 0.3 is 0 Å². The third kappa shape index (κ3) is 2.78. The highest BCUT2D eigenvalue weighted by atomic mass is 32.2. The molecule has 6 nitrogen and oxygen atoms in total. The number of nitrogens with zero attached hydrogens (tertiary/aromatic N) is 2. The summed E-state index contributed by atoms with van der Waals surface area (Å²) in [6.45, 7) is 0. The lowest BCUT2D eigenvalue weighted by Crippen LogP contribution is -2.11. The molecule has 1 aliphatic carbocycles. The number of rotatable bonds is 4. The van der Waals surface area contributed by atoms with Crippen LogP contribution in [0, 0.1) is 0 Å². The summed E-state index contributed by atoms with van der Waals surface area (Å²) < 4.78 is 56.2. The van der Waals surface area contributed by atoms with E-state index < -0.39 is 27.8 Å². The first-order valence-corrected chi connectivity index (χ1v) is 9.23. The Labute approximate surface area is 147 Å². The van der Waals surface area contributed by atoms with Crippen LogP contribution in [0.5, 0.6) is 0 Å². The minimum atomic E-state index is -3.87. The highest BCUT2D eigenvalue weighted by Gasteiger charge is 2.72. The van der Waals surface area contributed by atoms with Gasteiger partial charge < -0.3 is 4.52 Å². The molecule has 4 rings (SSSR count). The van der Waals surface area contributed by atoms with Crippen LogP contribution in [0.25, 0.3) is 11.4 Å². The summed E-state index contributed by atoms with van der Waals surface area (Å²) in [5.74, 6) is -5.35. The zero-order chi connectivity index (χ0) is 18.5. The first-order valence-electron chi connectivity index (χ1n) is 7.68. The van der Waals surface area contributed by atoms with Crippen LogP contribution in [-0.2, 0) is 10.0 Å². The van der Waals surface area contributed by atoms with Crippen molar-refractivity contribution in [3.8, 4) is 11.4 Å². The van der Waals surface area contributed by atoms with E-state index in [0.29, 0.717) is 5.56 Å². The minimum absolute atomic E-state index is 0.133. The fourth-order valence-electron chi connectivity index (χ4n) is 2.98. The summed E-state index contributed by atoms with van der Waals surface area (Å²) in [6, 6.07) is 14.0. The van der Waals surface area contributed by atoms with E-state index in [1.807, 2.05) is 6.07 Å². The number of halogens is 2. The van der Waals surface area contributed by atoms with Crippen molar-refractivity contribution in [2.24, 2.45) is 5.14 Å². The number of benzene rings is 2. The van der Waals surface area contributed by atoms with Gasteiger partial charge in [0.05, 0.1) is 10.8 Å². The first-order chi connectivity index (χ1) is 12.3. The first kappa shape index (κ1) is 16.8. The van der Waals surface area contributed by atoms with Gasteiger partial charge in [0.2, 0.25) is 21.7 Å². The molecule has 9 heteroatoms. The van der Waals surface area contributed by atoms with Crippen molar-refractivity contribution in [2.45, 2.75) is 22.7 Å². The average molecular weight is 377 g/mol. The Hall–Kier alpha value is -2.65. The monoisotopic (exact) mass is 377 g/mol. The van der Waals surface area contributed by atoms with Crippen LogP contribution < -0.4 is 5.14 Å². The summed E-state index contributed by atoms with van der Waals surface area (Å²) >= 11 is 0. The van der Waals surface area contributed by atoms with Crippen molar-refractivity contribution in [1.82, 2.24) is 10.1 Å². The van der Waals surface area contributed by atoms with Gasteiger partial charge in [0.25, 0.3) is 5.92 Å². The second-order valence-electron chi connectivity index (χ2n) is 6.07. The van der Waals surface area contributed by atoms with E-state index in [1.165, 1.54) is 24.3 Å². The maximum atomic E-state index is 14.3. The molecule has 0 amide bonds. The number of alkyl halides is 2. The van der Waals surface area contributed by atoms with Crippen molar-refractivity contribution < 1.29 is 21.7 Å². The van der Waals surface area contributed by atoms with Crippen LogP contribution in [0.15, 0.2) is 64.0 Å². The SMILES string of the molecule is NS(=O)(=O)c1ccc([C@H]2[C@H](c3nc(-c4ccccc4)no3)C2(F)F)cc1. The molecule has 1 aliphatic rings. The maximum Gasteiger partial charge on any atom is 0.268 e. The summed E-state index contributed by atoms with van der Waals surface area (Å²) in [5.41, 5.74) is 0.951. The van der Waals surface area contributed by atoms with Gasteiger partial charge in [-0.3, -0.25) is 0 Å². The number of sulfonamides is 1. The second kappa shape index (κ2) is 5.68. The molecular weight excluding hydrogens is 364 g/mol. The quantitative estimate of drug-likeness (QED) is 0.754. The Morgan fingerprint density at radius 2 is 1.65 bits per heavy atom. The van der Waals surface area contributed by atoms with Gasteiger partial charge in [0, 0.05) is 5.56 Å². The zero-order valence-corrected chi connectivity index (χ0v) is 14.0. The van der Waals surface area contributed by atoms with Crippen molar-refractivity contribution >= 4 is 10.0 Å². The molecule has 134 valence electrons. The molecule has 2 N–H and O–H groups in total. The minimum Gasteiger partial charge on any atom is -0.338 e. The largest absolute Gasteiger partial charge is 0.338 e. The molecule has 0 spiro atoms. The molecule has 0 bridgehead atoms.